The fourth-order valence-corrected chi connectivity index (χ4v) is 2.24. The van der Waals surface area contributed by atoms with Gasteiger partial charge in [0.25, 0.3) is 0 Å². The van der Waals surface area contributed by atoms with Crippen LogP contribution < -0.4 is 15.8 Å². The molecule has 0 aromatic heterocycles. The van der Waals surface area contributed by atoms with Gasteiger partial charge in [0.2, 0.25) is 5.91 Å². The molecule has 21 heavy (non-hydrogen) atoms. The maximum atomic E-state index is 11.3. The van der Waals surface area contributed by atoms with Gasteiger partial charge in [-0.2, -0.15) is 5.26 Å². The van der Waals surface area contributed by atoms with Crippen LogP contribution in [0.5, 0.6) is 11.5 Å². The SMILES string of the molecule is N#Cc1ccc(N)c(Oc2ccc3c(c2)CCC(=O)N3)c1. The number of nitriles is 1. The molecule has 1 aliphatic heterocycles. The maximum Gasteiger partial charge on any atom is 0.224 e. The van der Waals surface area contributed by atoms with Crippen molar-refractivity contribution in [2.75, 3.05) is 11.1 Å². The zero-order valence-electron chi connectivity index (χ0n) is 11.2. The highest BCUT2D eigenvalue weighted by Crippen LogP contribution is 2.32. The fourth-order valence-electron chi connectivity index (χ4n) is 2.24. The van der Waals surface area contributed by atoms with Gasteiger partial charge in [0.15, 0.2) is 5.75 Å². The number of benzene rings is 2. The van der Waals surface area contributed by atoms with Gasteiger partial charge < -0.3 is 15.8 Å². The van der Waals surface area contributed by atoms with Crippen LogP contribution in [0.15, 0.2) is 36.4 Å². The molecule has 0 aliphatic carbocycles. The second-order valence-corrected chi connectivity index (χ2v) is 4.83. The van der Waals surface area contributed by atoms with Crippen LogP contribution in [0.2, 0.25) is 0 Å². The van der Waals surface area contributed by atoms with Crippen molar-refractivity contribution in [2.24, 2.45) is 0 Å². The number of nitrogens with zero attached hydrogens (tertiary/aromatic N) is 1. The Kier molecular flexibility index (Phi) is 3.20. The van der Waals surface area contributed by atoms with E-state index in [0.717, 1.165) is 11.3 Å². The minimum absolute atomic E-state index is 0.0298. The number of hydrogen-bond donors (Lipinski definition) is 2. The summed E-state index contributed by atoms with van der Waals surface area (Å²) in [6, 6.07) is 12.4. The number of carbonyl (C=O) groups is 1. The molecule has 0 fully saturated rings. The minimum Gasteiger partial charge on any atom is -0.455 e. The Morgan fingerprint density at radius 1 is 1.19 bits per heavy atom. The Balaban J connectivity index is 1.89. The molecule has 0 saturated heterocycles. The Hall–Kier alpha value is -3.00. The molecule has 0 spiro atoms. The Bertz CT molecular complexity index is 763. The van der Waals surface area contributed by atoms with Gasteiger partial charge in [0, 0.05) is 18.2 Å². The Labute approximate surface area is 121 Å². The van der Waals surface area contributed by atoms with Crippen LogP contribution in [0, 0.1) is 11.3 Å². The van der Waals surface area contributed by atoms with Crippen LogP contribution >= 0.6 is 0 Å². The number of amides is 1. The van der Waals surface area contributed by atoms with Gasteiger partial charge in [-0.3, -0.25) is 4.79 Å². The summed E-state index contributed by atoms with van der Waals surface area (Å²) in [5.74, 6) is 1.11. The number of nitrogen functional groups attached to an aromatic ring is 1. The summed E-state index contributed by atoms with van der Waals surface area (Å²) in [4.78, 5) is 11.3. The number of fused-ring (bicyclic) bond motifs is 1. The fraction of sp³-hybridized carbons (Fsp3) is 0.125. The lowest BCUT2D eigenvalue weighted by Crippen LogP contribution is -2.18. The summed E-state index contributed by atoms with van der Waals surface area (Å²) in [7, 11) is 0. The van der Waals surface area contributed by atoms with Crippen molar-refractivity contribution >= 4 is 17.3 Å². The number of carbonyl (C=O) groups excluding carboxylic acids is 1. The standard InChI is InChI=1S/C16H13N3O2/c17-9-10-1-4-13(18)15(7-10)21-12-3-5-14-11(8-12)2-6-16(20)19-14/h1,3-5,7-8H,2,6,18H2,(H,19,20). The first-order chi connectivity index (χ1) is 10.2. The van der Waals surface area contributed by atoms with Gasteiger partial charge in [0.05, 0.1) is 17.3 Å². The van der Waals surface area contributed by atoms with Crippen LogP contribution in [-0.4, -0.2) is 5.91 Å². The molecule has 2 aromatic carbocycles. The second kappa shape index (κ2) is 5.17. The highest BCUT2D eigenvalue weighted by Gasteiger charge is 2.15. The molecule has 3 N–H and O–H groups in total. The van der Waals surface area contributed by atoms with E-state index in [0.29, 0.717) is 35.6 Å². The van der Waals surface area contributed by atoms with Crippen LogP contribution in [0.4, 0.5) is 11.4 Å². The topological polar surface area (TPSA) is 88.1 Å². The third-order valence-corrected chi connectivity index (χ3v) is 3.34. The number of ether oxygens (including phenoxy) is 1. The maximum absolute atomic E-state index is 11.3. The molecule has 3 rings (SSSR count). The quantitative estimate of drug-likeness (QED) is 0.827. The van der Waals surface area contributed by atoms with Gasteiger partial charge in [-0.25, -0.2) is 0 Å². The normalized spacial score (nSPS) is 13.0. The van der Waals surface area contributed by atoms with Crippen LogP contribution in [0.1, 0.15) is 17.5 Å². The van der Waals surface area contributed by atoms with Crippen molar-refractivity contribution in [2.45, 2.75) is 12.8 Å². The molecule has 104 valence electrons. The van der Waals surface area contributed by atoms with E-state index in [-0.39, 0.29) is 5.91 Å². The second-order valence-electron chi connectivity index (χ2n) is 4.83. The van der Waals surface area contributed by atoms with Crippen LogP contribution in [0.25, 0.3) is 0 Å². The van der Waals surface area contributed by atoms with E-state index < -0.39 is 0 Å². The van der Waals surface area contributed by atoms with Crippen molar-refractivity contribution in [1.82, 2.24) is 0 Å². The summed E-state index contributed by atoms with van der Waals surface area (Å²) < 4.78 is 5.76. The van der Waals surface area contributed by atoms with Gasteiger partial charge >= 0.3 is 0 Å². The third-order valence-electron chi connectivity index (χ3n) is 3.34. The zero-order valence-corrected chi connectivity index (χ0v) is 11.2. The molecule has 5 heteroatoms. The monoisotopic (exact) mass is 279 g/mol. The summed E-state index contributed by atoms with van der Waals surface area (Å²) in [5, 5.41) is 11.7. The average molecular weight is 279 g/mol. The molecule has 1 aliphatic rings. The number of anilines is 2. The van der Waals surface area contributed by atoms with E-state index in [2.05, 4.69) is 11.4 Å². The lowest BCUT2D eigenvalue weighted by molar-refractivity contribution is -0.116. The van der Waals surface area contributed by atoms with Crippen molar-refractivity contribution in [3.8, 4) is 17.6 Å². The summed E-state index contributed by atoms with van der Waals surface area (Å²) in [6.07, 6.45) is 1.16. The van der Waals surface area contributed by atoms with Crippen LogP contribution in [0.3, 0.4) is 0 Å². The van der Waals surface area contributed by atoms with E-state index in [1.807, 2.05) is 12.1 Å². The highest BCUT2D eigenvalue weighted by atomic mass is 16.5. The summed E-state index contributed by atoms with van der Waals surface area (Å²) in [5.41, 5.74) is 8.67. The molecule has 2 aromatic rings. The molecular weight excluding hydrogens is 266 g/mol. The minimum atomic E-state index is 0.0298. The number of rotatable bonds is 2. The third kappa shape index (κ3) is 2.65. The average Bonchev–Trinajstić information content (AvgIpc) is 2.49. The number of aryl methyl sites for hydroxylation is 1. The predicted molar refractivity (Wildman–Crippen MR) is 79.0 cm³/mol. The van der Waals surface area contributed by atoms with Crippen molar-refractivity contribution in [1.29, 1.82) is 5.26 Å². The molecule has 0 atom stereocenters. The van der Waals surface area contributed by atoms with E-state index in [1.165, 1.54) is 0 Å². The predicted octanol–water partition coefficient (Wildman–Crippen LogP) is 2.82. The van der Waals surface area contributed by atoms with Crippen molar-refractivity contribution in [3.05, 3.63) is 47.5 Å². The first kappa shape index (κ1) is 13.0. The molecular formula is C16H13N3O2. The molecule has 5 nitrogen and oxygen atoms in total. The van der Waals surface area contributed by atoms with Crippen LogP contribution in [-0.2, 0) is 11.2 Å². The summed E-state index contributed by atoms with van der Waals surface area (Å²) in [6.45, 7) is 0. The molecule has 0 radical (unpaired) electrons. The molecule has 0 saturated carbocycles. The highest BCUT2D eigenvalue weighted by molar-refractivity contribution is 5.94. The summed E-state index contributed by atoms with van der Waals surface area (Å²) >= 11 is 0. The van der Waals surface area contributed by atoms with Gasteiger partial charge in [-0.1, -0.05) is 0 Å². The largest absolute Gasteiger partial charge is 0.455 e. The van der Waals surface area contributed by atoms with Gasteiger partial charge in [0.1, 0.15) is 5.75 Å². The Morgan fingerprint density at radius 3 is 2.86 bits per heavy atom. The molecule has 1 amide bonds. The number of nitrogens with two attached hydrogens (primary N) is 1. The zero-order chi connectivity index (χ0) is 14.8. The van der Waals surface area contributed by atoms with E-state index in [1.54, 1.807) is 24.3 Å². The van der Waals surface area contributed by atoms with Gasteiger partial charge in [-0.15, -0.1) is 0 Å². The smallest absolute Gasteiger partial charge is 0.224 e. The number of hydrogen-bond acceptors (Lipinski definition) is 4. The Morgan fingerprint density at radius 2 is 2.05 bits per heavy atom. The first-order valence-corrected chi connectivity index (χ1v) is 6.56. The van der Waals surface area contributed by atoms with Crippen molar-refractivity contribution in [3.63, 3.8) is 0 Å². The number of nitrogens with one attached hydrogen (secondary N) is 1. The van der Waals surface area contributed by atoms with Crippen molar-refractivity contribution < 1.29 is 9.53 Å². The lowest BCUT2D eigenvalue weighted by Gasteiger charge is -2.18. The molecule has 0 bridgehead atoms. The first-order valence-electron chi connectivity index (χ1n) is 6.56. The van der Waals surface area contributed by atoms with Gasteiger partial charge in [-0.05, 0) is 42.3 Å². The van der Waals surface area contributed by atoms with E-state index in [9.17, 15) is 4.79 Å². The lowest BCUT2D eigenvalue weighted by atomic mass is 10.0. The molecule has 1 heterocycles. The van der Waals surface area contributed by atoms with E-state index in [4.69, 9.17) is 15.7 Å². The van der Waals surface area contributed by atoms with E-state index >= 15 is 0 Å². The molecule has 0 unspecified atom stereocenters.